The summed E-state index contributed by atoms with van der Waals surface area (Å²) in [6.07, 6.45) is 3.11. The van der Waals surface area contributed by atoms with E-state index < -0.39 is 5.41 Å². The molecule has 1 fully saturated rings. The Morgan fingerprint density at radius 1 is 1.65 bits per heavy atom. The van der Waals surface area contributed by atoms with E-state index in [9.17, 15) is 4.79 Å². The fraction of sp³-hybridized carbons (Fsp3) is 0.364. The van der Waals surface area contributed by atoms with Gasteiger partial charge in [0.2, 0.25) is 5.91 Å². The van der Waals surface area contributed by atoms with Gasteiger partial charge in [-0.3, -0.25) is 4.79 Å². The second kappa shape index (κ2) is 4.34. The maximum absolute atomic E-state index is 12.0. The Morgan fingerprint density at radius 2 is 2.29 bits per heavy atom. The number of nitrogens with one attached hydrogen (secondary N) is 1. The fourth-order valence-electron chi connectivity index (χ4n) is 1.55. The van der Waals surface area contributed by atoms with Gasteiger partial charge in [-0.05, 0) is 47.3 Å². The Hall–Kier alpha value is -1.01. The van der Waals surface area contributed by atoms with Crippen LogP contribution in [0.25, 0.3) is 0 Å². The SMILES string of the molecule is Cc1cc(NC(=O)C2(C(N)=S)CC2)ncc1Br. The van der Waals surface area contributed by atoms with E-state index in [4.69, 9.17) is 18.0 Å². The maximum Gasteiger partial charge on any atom is 0.238 e. The summed E-state index contributed by atoms with van der Waals surface area (Å²) >= 11 is 8.28. The number of aryl methyl sites for hydroxylation is 1. The molecule has 1 aromatic heterocycles. The summed E-state index contributed by atoms with van der Waals surface area (Å²) in [4.78, 5) is 16.4. The van der Waals surface area contributed by atoms with E-state index in [0.717, 1.165) is 22.9 Å². The molecule has 0 saturated heterocycles. The van der Waals surface area contributed by atoms with E-state index in [0.29, 0.717) is 5.82 Å². The molecule has 4 nitrogen and oxygen atoms in total. The van der Waals surface area contributed by atoms with Crippen LogP contribution in [0.15, 0.2) is 16.7 Å². The highest BCUT2D eigenvalue weighted by Gasteiger charge is 2.52. The molecule has 3 N–H and O–H groups in total. The number of rotatable bonds is 3. The van der Waals surface area contributed by atoms with Gasteiger partial charge < -0.3 is 11.1 Å². The van der Waals surface area contributed by atoms with Gasteiger partial charge in [0.25, 0.3) is 0 Å². The lowest BCUT2D eigenvalue weighted by Crippen LogP contribution is -2.35. The number of nitrogens with zero attached hydrogens (tertiary/aromatic N) is 1. The molecule has 0 aliphatic heterocycles. The molecule has 1 aliphatic rings. The standard InChI is InChI=1S/C11H12BrN3OS/c1-6-4-8(14-5-7(6)12)15-10(16)11(2-3-11)9(13)17/h4-5H,2-3H2,1H3,(H2,13,17)(H,14,15,16). The topological polar surface area (TPSA) is 68.0 Å². The molecule has 0 unspecified atom stereocenters. The molecule has 1 aromatic rings. The molecule has 1 heterocycles. The number of pyridine rings is 1. The van der Waals surface area contributed by atoms with Crippen molar-refractivity contribution in [3.8, 4) is 0 Å². The summed E-state index contributed by atoms with van der Waals surface area (Å²) in [6.45, 7) is 1.93. The number of anilines is 1. The minimum Gasteiger partial charge on any atom is -0.392 e. The largest absolute Gasteiger partial charge is 0.392 e. The fourth-order valence-corrected chi connectivity index (χ4v) is 2.07. The summed E-state index contributed by atoms with van der Waals surface area (Å²) in [5.74, 6) is 0.373. The third kappa shape index (κ3) is 2.32. The van der Waals surface area contributed by atoms with Gasteiger partial charge in [-0.2, -0.15) is 0 Å². The number of nitrogens with two attached hydrogens (primary N) is 1. The second-order valence-corrected chi connectivity index (χ2v) is 5.51. The number of hydrogen-bond donors (Lipinski definition) is 2. The predicted octanol–water partition coefficient (Wildman–Crippen LogP) is 2.16. The van der Waals surface area contributed by atoms with E-state index in [1.54, 1.807) is 12.3 Å². The van der Waals surface area contributed by atoms with E-state index in [-0.39, 0.29) is 10.9 Å². The third-order valence-electron chi connectivity index (χ3n) is 2.94. The van der Waals surface area contributed by atoms with Gasteiger partial charge >= 0.3 is 0 Å². The van der Waals surface area contributed by atoms with E-state index in [1.807, 2.05) is 6.92 Å². The van der Waals surface area contributed by atoms with Gasteiger partial charge in [0.15, 0.2) is 0 Å². The highest BCUT2D eigenvalue weighted by molar-refractivity contribution is 9.10. The van der Waals surface area contributed by atoms with E-state index >= 15 is 0 Å². The molecule has 0 spiro atoms. The van der Waals surface area contributed by atoms with Gasteiger partial charge in [0.05, 0.1) is 10.4 Å². The molecular formula is C11H12BrN3OS. The van der Waals surface area contributed by atoms with Gasteiger partial charge in [-0.15, -0.1) is 0 Å². The highest BCUT2D eigenvalue weighted by atomic mass is 79.9. The monoisotopic (exact) mass is 313 g/mol. The Labute approximate surface area is 113 Å². The number of carbonyl (C=O) groups excluding carboxylic acids is 1. The van der Waals surface area contributed by atoms with Crippen molar-refractivity contribution in [3.63, 3.8) is 0 Å². The quantitative estimate of drug-likeness (QED) is 0.839. The van der Waals surface area contributed by atoms with E-state index in [2.05, 4.69) is 26.2 Å². The Morgan fingerprint density at radius 3 is 2.76 bits per heavy atom. The molecule has 90 valence electrons. The smallest absolute Gasteiger partial charge is 0.238 e. The van der Waals surface area contributed by atoms with Crippen LogP contribution >= 0.6 is 28.1 Å². The molecule has 17 heavy (non-hydrogen) atoms. The average Bonchev–Trinajstić information content (AvgIpc) is 3.04. The van der Waals surface area contributed by atoms with Crippen LogP contribution in [0.4, 0.5) is 5.82 Å². The van der Waals surface area contributed by atoms with Gasteiger partial charge in [-0.1, -0.05) is 12.2 Å². The number of carbonyl (C=O) groups is 1. The molecule has 1 aliphatic carbocycles. The molecule has 0 atom stereocenters. The number of amides is 1. The lowest BCUT2D eigenvalue weighted by atomic mass is 10.1. The molecule has 1 amide bonds. The lowest BCUT2D eigenvalue weighted by Gasteiger charge is -2.13. The first kappa shape index (κ1) is 12.4. The zero-order valence-corrected chi connectivity index (χ0v) is 11.7. The summed E-state index contributed by atoms with van der Waals surface area (Å²) < 4.78 is 0.908. The lowest BCUT2D eigenvalue weighted by molar-refractivity contribution is -0.118. The number of thiocarbonyl (C=S) groups is 1. The predicted molar refractivity (Wildman–Crippen MR) is 73.8 cm³/mol. The number of aromatic nitrogens is 1. The molecule has 0 radical (unpaired) electrons. The van der Waals surface area contributed by atoms with Crippen molar-refractivity contribution in [1.82, 2.24) is 4.98 Å². The Bertz CT molecular complexity index is 499. The first-order valence-corrected chi connectivity index (χ1v) is 6.39. The van der Waals surface area contributed by atoms with Crippen molar-refractivity contribution in [2.45, 2.75) is 19.8 Å². The molecule has 0 aromatic carbocycles. The molecule has 0 bridgehead atoms. The van der Waals surface area contributed by atoms with Crippen molar-refractivity contribution >= 4 is 44.9 Å². The van der Waals surface area contributed by atoms with Crippen LogP contribution in [0.1, 0.15) is 18.4 Å². The molecule has 1 saturated carbocycles. The van der Waals surface area contributed by atoms with Crippen LogP contribution < -0.4 is 11.1 Å². The van der Waals surface area contributed by atoms with Crippen LogP contribution in [0, 0.1) is 12.3 Å². The molecular weight excluding hydrogens is 302 g/mol. The summed E-state index contributed by atoms with van der Waals surface area (Å²) in [6, 6.07) is 1.80. The van der Waals surface area contributed by atoms with Crippen LogP contribution in [0.2, 0.25) is 0 Å². The minimum atomic E-state index is -0.641. The van der Waals surface area contributed by atoms with Crippen LogP contribution in [0.3, 0.4) is 0 Å². The third-order valence-corrected chi connectivity index (χ3v) is 4.17. The van der Waals surface area contributed by atoms with Crippen molar-refractivity contribution in [1.29, 1.82) is 0 Å². The Balaban J connectivity index is 2.14. The number of halogens is 1. The maximum atomic E-state index is 12.0. The summed E-state index contributed by atoms with van der Waals surface area (Å²) in [5.41, 5.74) is 5.95. The first-order chi connectivity index (χ1) is 7.95. The zero-order chi connectivity index (χ0) is 12.6. The first-order valence-electron chi connectivity index (χ1n) is 5.19. The van der Waals surface area contributed by atoms with Gasteiger partial charge in [0.1, 0.15) is 5.82 Å². The van der Waals surface area contributed by atoms with Gasteiger partial charge in [0, 0.05) is 10.7 Å². The average molecular weight is 314 g/mol. The zero-order valence-electron chi connectivity index (χ0n) is 9.29. The van der Waals surface area contributed by atoms with Crippen LogP contribution in [0.5, 0.6) is 0 Å². The van der Waals surface area contributed by atoms with Crippen molar-refractivity contribution in [2.24, 2.45) is 11.1 Å². The van der Waals surface area contributed by atoms with E-state index in [1.165, 1.54) is 0 Å². The second-order valence-electron chi connectivity index (χ2n) is 4.22. The molecule has 2 rings (SSSR count). The minimum absolute atomic E-state index is 0.153. The summed E-state index contributed by atoms with van der Waals surface area (Å²) in [5, 5.41) is 2.76. The van der Waals surface area contributed by atoms with Crippen molar-refractivity contribution in [2.75, 3.05) is 5.32 Å². The summed E-state index contributed by atoms with van der Waals surface area (Å²) in [7, 11) is 0. The van der Waals surface area contributed by atoms with Gasteiger partial charge in [-0.25, -0.2) is 4.98 Å². The molecule has 6 heteroatoms. The highest BCUT2D eigenvalue weighted by Crippen LogP contribution is 2.46. The normalized spacial score (nSPS) is 16.4. The van der Waals surface area contributed by atoms with Crippen LogP contribution in [-0.4, -0.2) is 15.9 Å². The van der Waals surface area contributed by atoms with Crippen molar-refractivity contribution < 1.29 is 4.79 Å². The Kier molecular flexibility index (Phi) is 3.18. The van der Waals surface area contributed by atoms with Crippen molar-refractivity contribution in [3.05, 3.63) is 22.3 Å². The van der Waals surface area contributed by atoms with Crippen LogP contribution in [-0.2, 0) is 4.79 Å². The number of hydrogen-bond acceptors (Lipinski definition) is 3.